The molecule has 4 nitrogen and oxygen atoms in total. The molecular formula is C20H23NO3. The summed E-state index contributed by atoms with van der Waals surface area (Å²) in [5, 5.41) is 2.05. The van der Waals surface area contributed by atoms with Crippen molar-refractivity contribution in [3.63, 3.8) is 0 Å². The first-order valence-corrected chi connectivity index (χ1v) is 8.32. The minimum absolute atomic E-state index is 0.00264. The predicted octanol–water partition coefficient (Wildman–Crippen LogP) is 4.61. The molecule has 0 radical (unpaired) electrons. The Morgan fingerprint density at radius 3 is 2.38 bits per heavy atom. The van der Waals surface area contributed by atoms with Crippen LogP contribution in [0.25, 0.3) is 21.9 Å². The first kappa shape index (κ1) is 16.4. The molecule has 3 rings (SSSR count). The molecule has 0 saturated heterocycles. The zero-order valence-electron chi connectivity index (χ0n) is 14.6. The summed E-state index contributed by atoms with van der Waals surface area (Å²) >= 11 is 0. The van der Waals surface area contributed by atoms with Gasteiger partial charge in [0.05, 0.1) is 0 Å². The molecule has 0 fully saturated rings. The Bertz CT molecular complexity index is 856. The molecule has 0 aliphatic rings. The van der Waals surface area contributed by atoms with E-state index in [4.69, 9.17) is 9.15 Å². The lowest BCUT2D eigenvalue weighted by Gasteiger charge is -2.30. The molecule has 0 atom stereocenters. The lowest BCUT2D eigenvalue weighted by atomic mass is 10.1. The lowest BCUT2D eigenvalue weighted by molar-refractivity contribution is -0.136. The van der Waals surface area contributed by atoms with Crippen LogP contribution in [0.4, 0.5) is 0 Å². The van der Waals surface area contributed by atoms with E-state index in [-0.39, 0.29) is 24.6 Å². The Balaban J connectivity index is 1.80. The maximum absolute atomic E-state index is 12.4. The standard InChI is InChI=1S/C20H23NO3/c1-13(2)21(14(3)4)20(22)12-23-15-9-10-19-17(11-15)16-7-5-6-8-18(16)24-19/h5-11,13-14H,12H2,1-4H3. The summed E-state index contributed by atoms with van der Waals surface area (Å²) in [6.45, 7) is 8.10. The summed E-state index contributed by atoms with van der Waals surface area (Å²) in [5.74, 6) is 0.673. The minimum Gasteiger partial charge on any atom is -0.484 e. The van der Waals surface area contributed by atoms with E-state index in [1.54, 1.807) is 0 Å². The van der Waals surface area contributed by atoms with E-state index < -0.39 is 0 Å². The number of carbonyl (C=O) groups is 1. The molecule has 0 aliphatic carbocycles. The monoisotopic (exact) mass is 325 g/mol. The van der Waals surface area contributed by atoms with Crippen LogP contribution < -0.4 is 4.74 Å². The molecule has 24 heavy (non-hydrogen) atoms. The largest absolute Gasteiger partial charge is 0.484 e. The Morgan fingerprint density at radius 1 is 1.00 bits per heavy atom. The quantitative estimate of drug-likeness (QED) is 0.688. The van der Waals surface area contributed by atoms with E-state index in [0.29, 0.717) is 5.75 Å². The van der Waals surface area contributed by atoms with Gasteiger partial charge < -0.3 is 14.1 Å². The second-order valence-electron chi connectivity index (χ2n) is 6.53. The van der Waals surface area contributed by atoms with Gasteiger partial charge in [0, 0.05) is 22.9 Å². The summed E-state index contributed by atoms with van der Waals surface area (Å²) < 4.78 is 11.5. The highest BCUT2D eigenvalue weighted by atomic mass is 16.5. The number of furan rings is 1. The van der Waals surface area contributed by atoms with Crippen molar-refractivity contribution in [1.29, 1.82) is 0 Å². The number of fused-ring (bicyclic) bond motifs is 3. The highest BCUT2D eigenvalue weighted by Crippen LogP contribution is 2.31. The molecule has 0 saturated carbocycles. The van der Waals surface area contributed by atoms with Crippen LogP contribution in [0, 0.1) is 0 Å². The van der Waals surface area contributed by atoms with Crippen molar-refractivity contribution >= 4 is 27.8 Å². The van der Waals surface area contributed by atoms with Gasteiger partial charge in [-0.2, -0.15) is 0 Å². The van der Waals surface area contributed by atoms with Crippen LogP contribution in [0.1, 0.15) is 27.7 Å². The number of nitrogens with zero attached hydrogens (tertiary/aromatic N) is 1. The highest BCUT2D eigenvalue weighted by molar-refractivity contribution is 6.05. The van der Waals surface area contributed by atoms with E-state index in [1.807, 2.05) is 75.1 Å². The zero-order chi connectivity index (χ0) is 17.3. The SMILES string of the molecule is CC(C)N(C(=O)COc1ccc2oc3ccccc3c2c1)C(C)C. The molecule has 0 unspecified atom stereocenters. The molecule has 3 aromatic rings. The van der Waals surface area contributed by atoms with Crippen molar-refractivity contribution in [2.75, 3.05) is 6.61 Å². The number of hydrogen-bond acceptors (Lipinski definition) is 3. The number of amides is 1. The average molecular weight is 325 g/mol. The maximum Gasteiger partial charge on any atom is 0.260 e. The van der Waals surface area contributed by atoms with Crippen molar-refractivity contribution in [1.82, 2.24) is 4.90 Å². The van der Waals surface area contributed by atoms with Gasteiger partial charge in [0.15, 0.2) is 6.61 Å². The normalized spacial score (nSPS) is 11.6. The number of carbonyl (C=O) groups excluding carboxylic acids is 1. The smallest absolute Gasteiger partial charge is 0.260 e. The molecule has 1 aromatic heterocycles. The van der Waals surface area contributed by atoms with Crippen molar-refractivity contribution in [2.45, 2.75) is 39.8 Å². The third-order valence-electron chi connectivity index (χ3n) is 4.11. The van der Waals surface area contributed by atoms with E-state index in [0.717, 1.165) is 21.9 Å². The second-order valence-corrected chi connectivity index (χ2v) is 6.53. The Morgan fingerprint density at radius 2 is 1.67 bits per heavy atom. The average Bonchev–Trinajstić information content (AvgIpc) is 2.90. The van der Waals surface area contributed by atoms with Crippen LogP contribution in [0.2, 0.25) is 0 Å². The van der Waals surface area contributed by atoms with Gasteiger partial charge in [-0.1, -0.05) is 18.2 Å². The molecular weight excluding hydrogens is 302 g/mol. The van der Waals surface area contributed by atoms with Gasteiger partial charge >= 0.3 is 0 Å². The fourth-order valence-electron chi connectivity index (χ4n) is 3.19. The first-order chi connectivity index (χ1) is 11.5. The number of para-hydroxylation sites is 1. The molecule has 0 bridgehead atoms. The molecule has 0 aliphatic heterocycles. The molecule has 0 N–H and O–H groups in total. The number of hydrogen-bond donors (Lipinski definition) is 0. The van der Waals surface area contributed by atoms with Crippen molar-refractivity contribution in [3.05, 3.63) is 42.5 Å². The predicted molar refractivity (Wildman–Crippen MR) is 96.3 cm³/mol. The Hall–Kier alpha value is -2.49. The van der Waals surface area contributed by atoms with Gasteiger partial charge in [0.2, 0.25) is 0 Å². The van der Waals surface area contributed by atoms with Crippen LogP contribution >= 0.6 is 0 Å². The number of rotatable bonds is 5. The van der Waals surface area contributed by atoms with Crippen LogP contribution in [0.15, 0.2) is 46.9 Å². The van der Waals surface area contributed by atoms with Gasteiger partial charge in [-0.05, 0) is 52.0 Å². The number of ether oxygens (including phenoxy) is 1. The Labute approximate surface area is 142 Å². The van der Waals surface area contributed by atoms with Gasteiger partial charge in [-0.25, -0.2) is 0 Å². The van der Waals surface area contributed by atoms with Crippen molar-refractivity contribution in [3.8, 4) is 5.75 Å². The Kier molecular flexibility index (Phi) is 4.47. The fourth-order valence-corrected chi connectivity index (χ4v) is 3.19. The van der Waals surface area contributed by atoms with E-state index in [2.05, 4.69) is 0 Å². The lowest BCUT2D eigenvalue weighted by Crippen LogP contribution is -2.44. The first-order valence-electron chi connectivity index (χ1n) is 8.32. The van der Waals surface area contributed by atoms with Crippen LogP contribution in [-0.4, -0.2) is 29.5 Å². The van der Waals surface area contributed by atoms with E-state index >= 15 is 0 Å². The molecule has 126 valence electrons. The van der Waals surface area contributed by atoms with E-state index in [9.17, 15) is 4.79 Å². The third kappa shape index (κ3) is 3.09. The van der Waals surface area contributed by atoms with Crippen LogP contribution in [-0.2, 0) is 4.79 Å². The molecule has 4 heteroatoms. The van der Waals surface area contributed by atoms with Gasteiger partial charge in [-0.3, -0.25) is 4.79 Å². The summed E-state index contributed by atoms with van der Waals surface area (Å²) in [4.78, 5) is 14.2. The summed E-state index contributed by atoms with van der Waals surface area (Å²) in [5.41, 5.74) is 1.67. The molecule has 1 heterocycles. The van der Waals surface area contributed by atoms with Crippen molar-refractivity contribution in [2.24, 2.45) is 0 Å². The van der Waals surface area contributed by atoms with E-state index in [1.165, 1.54) is 0 Å². The van der Waals surface area contributed by atoms with Gasteiger partial charge in [0.1, 0.15) is 16.9 Å². The van der Waals surface area contributed by atoms with Crippen LogP contribution in [0.3, 0.4) is 0 Å². The summed E-state index contributed by atoms with van der Waals surface area (Å²) in [6, 6.07) is 13.9. The van der Waals surface area contributed by atoms with Crippen LogP contribution in [0.5, 0.6) is 5.75 Å². The zero-order valence-corrected chi connectivity index (χ0v) is 14.6. The number of benzene rings is 2. The minimum atomic E-state index is -0.00264. The summed E-state index contributed by atoms with van der Waals surface area (Å²) in [7, 11) is 0. The van der Waals surface area contributed by atoms with Gasteiger partial charge in [-0.15, -0.1) is 0 Å². The highest BCUT2D eigenvalue weighted by Gasteiger charge is 2.20. The third-order valence-corrected chi connectivity index (χ3v) is 4.11. The van der Waals surface area contributed by atoms with Gasteiger partial charge in [0.25, 0.3) is 5.91 Å². The maximum atomic E-state index is 12.4. The topological polar surface area (TPSA) is 42.7 Å². The molecule has 2 aromatic carbocycles. The molecule has 0 spiro atoms. The fraction of sp³-hybridized carbons (Fsp3) is 0.350. The van der Waals surface area contributed by atoms with Crippen molar-refractivity contribution < 1.29 is 13.9 Å². The molecule has 1 amide bonds. The second kappa shape index (κ2) is 6.56. The summed E-state index contributed by atoms with van der Waals surface area (Å²) in [6.07, 6.45) is 0.